The summed E-state index contributed by atoms with van der Waals surface area (Å²) in [6, 6.07) is 10.5. The molecule has 0 aliphatic rings. The Kier molecular flexibility index (Phi) is 8.98. The van der Waals surface area contributed by atoms with Gasteiger partial charge in [-0.3, -0.25) is 14.6 Å². The molecule has 4 rings (SSSR count). The topological polar surface area (TPSA) is 84.2 Å². The molecule has 2 heterocycles. The molecule has 6 nitrogen and oxygen atoms in total. The van der Waals surface area contributed by atoms with Crippen LogP contribution < -0.4 is 10.9 Å². The molecule has 0 aliphatic heterocycles. The summed E-state index contributed by atoms with van der Waals surface area (Å²) in [5.41, 5.74) is -3.50. The van der Waals surface area contributed by atoms with Gasteiger partial charge in [-0.05, 0) is 59.9 Å². The molecule has 2 aromatic carbocycles. The van der Waals surface area contributed by atoms with Gasteiger partial charge in [0.15, 0.2) is 0 Å². The number of carbonyl (C=O) groups is 1. The first kappa shape index (κ1) is 31.0. The predicted molar refractivity (Wildman–Crippen MR) is 145 cm³/mol. The van der Waals surface area contributed by atoms with Crippen molar-refractivity contribution in [1.29, 1.82) is 0 Å². The minimum Gasteiger partial charge on any atom is -0.396 e. The third kappa shape index (κ3) is 6.76. The maximum atomic E-state index is 13.8. The lowest BCUT2D eigenvalue weighted by atomic mass is 9.97. The van der Waals surface area contributed by atoms with Gasteiger partial charge in [-0.15, -0.1) is 0 Å². The van der Waals surface area contributed by atoms with Gasteiger partial charge in [0, 0.05) is 41.9 Å². The van der Waals surface area contributed by atoms with Crippen LogP contribution in [0.4, 0.5) is 26.3 Å². The van der Waals surface area contributed by atoms with Gasteiger partial charge in [-0.25, -0.2) is 0 Å². The summed E-state index contributed by atoms with van der Waals surface area (Å²) < 4.78 is 81.4. The number of nitrogens with one attached hydrogen (secondary N) is 1. The van der Waals surface area contributed by atoms with Crippen molar-refractivity contribution in [2.24, 2.45) is 5.92 Å². The van der Waals surface area contributed by atoms with Crippen LogP contribution in [0.25, 0.3) is 22.0 Å². The van der Waals surface area contributed by atoms with Gasteiger partial charge in [-0.2, -0.15) is 26.3 Å². The molecule has 0 saturated carbocycles. The molecule has 2 N–H and O–H groups in total. The zero-order valence-corrected chi connectivity index (χ0v) is 22.7. The van der Waals surface area contributed by atoms with E-state index in [1.54, 1.807) is 43.3 Å². The van der Waals surface area contributed by atoms with Crippen LogP contribution in [0.2, 0.25) is 5.02 Å². The fourth-order valence-corrected chi connectivity index (χ4v) is 4.58. The van der Waals surface area contributed by atoms with Crippen LogP contribution in [-0.2, 0) is 25.4 Å². The molecule has 222 valence electrons. The Labute approximate surface area is 240 Å². The highest BCUT2D eigenvalue weighted by Crippen LogP contribution is 2.36. The van der Waals surface area contributed by atoms with E-state index in [0.717, 1.165) is 4.57 Å². The van der Waals surface area contributed by atoms with Gasteiger partial charge >= 0.3 is 12.4 Å². The van der Waals surface area contributed by atoms with Gasteiger partial charge in [0.25, 0.3) is 11.5 Å². The second-order valence-electron chi connectivity index (χ2n) is 9.76. The highest BCUT2D eigenvalue weighted by atomic mass is 35.5. The summed E-state index contributed by atoms with van der Waals surface area (Å²) in [6.45, 7) is 0.815. The van der Waals surface area contributed by atoms with Gasteiger partial charge in [-0.1, -0.05) is 36.7 Å². The van der Waals surface area contributed by atoms with Crippen molar-refractivity contribution in [2.75, 3.05) is 6.61 Å². The monoisotopic (exact) mass is 611 g/mol. The average molecular weight is 612 g/mol. The summed E-state index contributed by atoms with van der Waals surface area (Å²) in [4.78, 5) is 31.5. The molecule has 0 saturated heterocycles. The van der Waals surface area contributed by atoms with E-state index in [2.05, 4.69) is 10.3 Å². The summed E-state index contributed by atoms with van der Waals surface area (Å²) in [5, 5.41) is 12.6. The minimum absolute atomic E-state index is 0.000281. The Balaban J connectivity index is 1.87. The molecule has 2 aromatic heterocycles. The number of aliphatic hydroxyl groups is 1. The van der Waals surface area contributed by atoms with Crippen LogP contribution in [0.3, 0.4) is 0 Å². The molecule has 0 bridgehead atoms. The Hall–Kier alpha value is -3.90. The van der Waals surface area contributed by atoms with Crippen LogP contribution in [0, 0.1) is 5.92 Å². The quantitative estimate of drug-likeness (QED) is 0.217. The first-order valence-corrected chi connectivity index (χ1v) is 13.0. The number of alkyl halides is 6. The maximum Gasteiger partial charge on any atom is 0.416 e. The van der Waals surface area contributed by atoms with E-state index in [9.17, 15) is 41.0 Å². The van der Waals surface area contributed by atoms with Crippen molar-refractivity contribution in [3.8, 4) is 11.1 Å². The highest BCUT2D eigenvalue weighted by molar-refractivity contribution is 6.30. The number of halogens is 7. The number of pyridine rings is 2. The van der Waals surface area contributed by atoms with Crippen molar-refractivity contribution < 1.29 is 36.2 Å². The van der Waals surface area contributed by atoms with Crippen LogP contribution >= 0.6 is 11.6 Å². The van der Waals surface area contributed by atoms with Crippen LogP contribution in [-0.4, -0.2) is 27.2 Å². The van der Waals surface area contributed by atoms with E-state index >= 15 is 0 Å². The molecule has 0 unspecified atom stereocenters. The largest absolute Gasteiger partial charge is 0.416 e. The summed E-state index contributed by atoms with van der Waals surface area (Å²) in [7, 11) is 0. The number of benzene rings is 2. The molecule has 0 radical (unpaired) electrons. The lowest BCUT2D eigenvalue weighted by Crippen LogP contribution is -2.34. The number of rotatable bonds is 8. The van der Waals surface area contributed by atoms with Gasteiger partial charge in [0.2, 0.25) is 0 Å². The number of amides is 1. The molecule has 13 heteroatoms. The number of fused-ring (bicyclic) bond motifs is 1. The Bertz CT molecular complexity index is 1640. The highest BCUT2D eigenvalue weighted by Gasteiger charge is 2.37. The number of carbonyl (C=O) groups excluding carboxylic acids is 1. The van der Waals surface area contributed by atoms with Gasteiger partial charge in [0.1, 0.15) is 11.2 Å². The summed E-state index contributed by atoms with van der Waals surface area (Å²) in [5.74, 6) is -1.16. The number of nitrogens with zero attached hydrogens (tertiary/aromatic N) is 2. The van der Waals surface area contributed by atoms with E-state index in [1.165, 1.54) is 6.20 Å². The maximum absolute atomic E-state index is 13.8. The summed E-state index contributed by atoms with van der Waals surface area (Å²) >= 11 is 6.05. The van der Waals surface area contributed by atoms with Crippen LogP contribution in [0.1, 0.15) is 40.5 Å². The summed E-state index contributed by atoms with van der Waals surface area (Å²) in [6.07, 6.45) is -8.44. The molecule has 0 fully saturated rings. The Morgan fingerprint density at radius 3 is 2.21 bits per heavy atom. The minimum atomic E-state index is -5.06. The zero-order chi connectivity index (χ0) is 30.8. The van der Waals surface area contributed by atoms with E-state index < -0.39 is 47.1 Å². The van der Waals surface area contributed by atoms with Crippen molar-refractivity contribution >= 4 is 28.4 Å². The smallest absolute Gasteiger partial charge is 0.396 e. The molecule has 0 aliphatic carbocycles. The average Bonchev–Trinajstić information content (AvgIpc) is 2.94. The fourth-order valence-electron chi connectivity index (χ4n) is 4.46. The van der Waals surface area contributed by atoms with Gasteiger partial charge < -0.3 is 15.0 Å². The molecule has 4 aromatic rings. The predicted octanol–water partition coefficient (Wildman–Crippen LogP) is 6.70. The first-order chi connectivity index (χ1) is 19.7. The van der Waals surface area contributed by atoms with Gasteiger partial charge in [0.05, 0.1) is 11.1 Å². The number of aromatic nitrogens is 2. The Morgan fingerprint density at radius 2 is 1.64 bits per heavy atom. The van der Waals surface area contributed by atoms with Crippen molar-refractivity contribution in [3.63, 3.8) is 0 Å². The van der Waals surface area contributed by atoms with E-state index in [1.807, 2.05) is 0 Å². The van der Waals surface area contributed by atoms with E-state index in [-0.39, 0.29) is 48.3 Å². The van der Waals surface area contributed by atoms with Crippen molar-refractivity contribution in [3.05, 3.63) is 98.6 Å². The second-order valence-corrected chi connectivity index (χ2v) is 10.2. The van der Waals surface area contributed by atoms with Crippen LogP contribution in [0.15, 0.2) is 65.6 Å². The van der Waals surface area contributed by atoms with Crippen LogP contribution in [0.5, 0.6) is 0 Å². The third-order valence-electron chi connectivity index (χ3n) is 6.64. The third-order valence-corrected chi connectivity index (χ3v) is 6.89. The lowest BCUT2D eigenvalue weighted by Gasteiger charge is -2.21. The first-order valence-electron chi connectivity index (χ1n) is 12.7. The SMILES string of the molecule is C[C@@H](CO)CCn1c(C(=O)NCc2cc(C(F)(F)F)cc(C(F)(F)F)c2)c(-c2ccc(Cl)cc2)c2cccnc2c1=O. The van der Waals surface area contributed by atoms with E-state index in [4.69, 9.17) is 11.6 Å². The Morgan fingerprint density at radius 1 is 1.02 bits per heavy atom. The number of hydrogen-bond acceptors (Lipinski definition) is 4. The molecular formula is C29H24ClF6N3O3. The number of aliphatic hydroxyl groups excluding tert-OH is 1. The molecule has 42 heavy (non-hydrogen) atoms. The normalized spacial score (nSPS) is 12.9. The molecule has 1 atom stereocenters. The molecule has 1 amide bonds. The van der Waals surface area contributed by atoms with Crippen molar-refractivity contribution in [1.82, 2.24) is 14.9 Å². The van der Waals surface area contributed by atoms with Crippen molar-refractivity contribution in [2.45, 2.75) is 38.8 Å². The molecule has 0 spiro atoms. The molecular weight excluding hydrogens is 588 g/mol. The van der Waals surface area contributed by atoms with E-state index in [0.29, 0.717) is 28.1 Å². The standard InChI is InChI=1S/C29H24ClF6N3O3/c1-16(15-40)8-10-39-25(23(18-4-6-21(30)7-5-18)22-3-2-9-37-24(22)27(39)42)26(41)38-14-17-11-19(28(31,32)33)13-20(12-17)29(34,35)36/h2-7,9,11-13,16,40H,8,10,14-15H2,1H3,(H,38,41)/t16-/m1/s1. The fraction of sp³-hybridized carbons (Fsp3) is 0.276. The number of hydrogen-bond donors (Lipinski definition) is 2. The zero-order valence-electron chi connectivity index (χ0n) is 22.0. The second kappa shape index (κ2) is 12.1. The lowest BCUT2D eigenvalue weighted by molar-refractivity contribution is -0.143.